The van der Waals surface area contributed by atoms with Gasteiger partial charge >= 0.3 is 6.01 Å². The number of carbonyl (C=O) groups is 1. The van der Waals surface area contributed by atoms with Gasteiger partial charge in [0.1, 0.15) is 29.5 Å². The number of hydrogen-bond donors (Lipinski definition) is 3. The molecule has 9 nitrogen and oxygen atoms in total. The van der Waals surface area contributed by atoms with Crippen molar-refractivity contribution >= 4 is 33.4 Å². The van der Waals surface area contributed by atoms with E-state index >= 15 is 8.78 Å². The van der Waals surface area contributed by atoms with E-state index in [0.717, 1.165) is 58.0 Å². The van der Waals surface area contributed by atoms with Crippen LogP contribution in [0, 0.1) is 24.0 Å². The van der Waals surface area contributed by atoms with Crippen LogP contribution in [-0.2, 0) is 10.3 Å². The Morgan fingerprint density at radius 2 is 1.94 bits per heavy atom. The number of halogens is 2. The standard InChI is InChI=1S/C40H44F2N6O3/c1-5-27-31(41)13-12-24-19-26(49)20-28(33(24)27)34-30(39(3,4)43)21-29-36(35(34)42)45-38(51-23-40-14-9-17-48(40)18-10-15-40)46-37(29)47-16-8-7-11-25(22-47)44-32(50)6-2/h1,6,12-13,19-21,25,49H,2,7-11,14-18,22-23,43H2,3-4H3,(H,44,50). The highest BCUT2D eigenvalue weighted by Gasteiger charge is 2.45. The summed E-state index contributed by atoms with van der Waals surface area (Å²) < 4.78 is 39.3. The molecule has 4 N–H and O–H groups in total. The van der Waals surface area contributed by atoms with Crippen molar-refractivity contribution in [3.05, 3.63) is 65.7 Å². The predicted molar refractivity (Wildman–Crippen MR) is 196 cm³/mol. The molecule has 1 aromatic heterocycles. The molecule has 3 saturated heterocycles. The van der Waals surface area contributed by atoms with Crippen LogP contribution in [-0.4, -0.2) is 70.2 Å². The first-order valence-corrected chi connectivity index (χ1v) is 17.7. The first-order chi connectivity index (χ1) is 24.4. The molecule has 3 aliphatic heterocycles. The number of phenolic OH excluding ortho intramolecular Hbond substituents is 1. The second-order valence-corrected chi connectivity index (χ2v) is 14.8. The summed E-state index contributed by atoms with van der Waals surface area (Å²) in [6.07, 6.45) is 13.7. The van der Waals surface area contributed by atoms with Crippen LogP contribution in [0.2, 0.25) is 0 Å². The van der Waals surface area contributed by atoms with E-state index in [2.05, 4.69) is 27.6 Å². The molecule has 4 aromatic rings. The molecule has 4 heterocycles. The number of nitrogens with one attached hydrogen (secondary N) is 1. The number of fused-ring (bicyclic) bond motifs is 3. The number of phenols is 1. The average Bonchev–Trinajstić information content (AvgIpc) is 3.60. The van der Waals surface area contributed by atoms with Crippen LogP contribution in [0.1, 0.15) is 69.9 Å². The molecule has 1 unspecified atom stereocenters. The van der Waals surface area contributed by atoms with Crippen molar-refractivity contribution in [2.24, 2.45) is 5.73 Å². The molecule has 0 bridgehead atoms. The molecule has 3 fully saturated rings. The van der Waals surface area contributed by atoms with E-state index in [1.165, 1.54) is 30.3 Å². The Bertz CT molecular complexity index is 2080. The minimum absolute atomic E-state index is 0.00345. The molecule has 0 aliphatic carbocycles. The largest absolute Gasteiger partial charge is 0.508 e. The first kappa shape index (κ1) is 34.6. The van der Waals surface area contributed by atoms with Crippen LogP contribution >= 0.6 is 0 Å². The van der Waals surface area contributed by atoms with E-state index in [1.54, 1.807) is 19.9 Å². The lowest BCUT2D eigenvalue weighted by Gasteiger charge is -2.32. The number of carbonyl (C=O) groups excluding carboxylic acids is 1. The van der Waals surface area contributed by atoms with Gasteiger partial charge in [-0.1, -0.05) is 18.6 Å². The Balaban J connectivity index is 1.47. The van der Waals surface area contributed by atoms with Crippen LogP contribution < -0.4 is 20.7 Å². The van der Waals surface area contributed by atoms with Gasteiger partial charge in [0.15, 0.2) is 5.82 Å². The number of hydrogen-bond acceptors (Lipinski definition) is 8. The Morgan fingerprint density at radius 1 is 1.18 bits per heavy atom. The Labute approximate surface area is 296 Å². The molecule has 0 saturated carbocycles. The lowest BCUT2D eigenvalue weighted by Crippen LogP contribution is -2.44. The Kier molecular flexibility index (Phi) is 9.10. The summed E-state index contributed by atoms with van der Waals surface area (Å²) >= 11 is 0. The van der Waals surface area contributed by atoms with Crippen LogP contribution in [0.3, 0.4) is 0 Å². The number of aromatic nitrogens is 2. The highest BCUT2D eigenvalue weighted by atomic mass is 19.1. The molecule has 0 spiro atoms. The summed E-state index contributed by atoms with van der Waals surface area (Å²) in [5.41, 5.74) is 6.16. The summed E-state index contributed by atoms with van der Waals surface area (Å²) in [6, 6.07) is 7.22. The van der Waals surface area contributed by atoms with E-state index in [-0.39, 0.29) is 56.8 Å². The summed E-state index contributed by atoms with van der Waals surface area (Å²) in [6.45, 7) is 10.6. The maximum atomic E-state index is 17.7. The van der Waals surface area contributed by atoms with Crippen LogP contribution in [0.15, 0.2) is 43.0 Å². The zero-order valence-electron chi connectivity index (χ0n) is 29.2. The van der Waals surface area contributed by atoms with E-state index in [9.17, 15) is 9.90 Å². The van der Waals surface area contributed by atoms with Gasteiger partial charge in [0, 0.05) is 41.0 Å². The molecule has 7 rings (SSSR count). The van der Waals surface area contributed by atoms with Crippen molar-refractivity contribution < 1.29 is 23.4 Å². The fourth-order valence-electron chi connectivity index (χ4n) is 8.40. The van der Waals surface area contributed by atoms with E-state index in [1.807, 2.05) is 0 Å². The number of benzene rings is 3. The van der Waals surface area contributed by atoms with Gasteiger partial charge in [0.25, 0.3) is 0 Å². The highest BCUT2D eigenvalue weighted by Crippen LogP contribution is 2.45. The zero-order valence-corrected chi connectivity index (χ0v) is 29.2. The van der Waals surface area contributed by atoms with E-state index in [4.69, 9.17) is 26.9 Å². The van der Waals surface area contributed by atoms with Crippen molar-refractivity contribution in [1.29, 1.82) is 0 Å². The van der Waals surface area contributed by atoms with Gasteiger partial charge < -0.3 is 25.8 Å². The third-order valence-corrected chi connectivity index (χ3v) is 10.8. The Hall–Kier alpha value is -4.79. The van der Waals surface area contributed by atoms with Gasteiger partial charge in [-0.05, 0) is 119 Å². The Morgan fingerprint density at radius 3 is 2.65 bits per heavy atom. The van der Waals surface area contributed by atoms with Crippen molar-refractivity contribution in [3.63, 3.8) is 0 Å². The topological polar surface area (TPSA) is 117 Å². The normalized spacial score (nSPS) is 19.1. The van der Waals surface area contributed by atoms with Crippen LogP contribution in [0.25, 0.3) is 32.8 Å². The van der Waals surface area contributed by atoms with Gasteiger partial charge in [0.2, 0.25) is 5.91 Å². The quantitative estimate of drug-likeness (QED) is 0.146. The number of nitrogens with zero attached hydrogens (tertiary/aromatic N) is 4. The van der Waals surface area contributed by atoms with Gasteiger partial charge in [0.05, 0.1) is 11.1 Å². The first-order valence-electron chi connectivity index (χ1n) is 17.7. The molecule has 11 heteroatoms. The number of amides is 1. The second kappa shape index (κ2) is 13.4. The molecule has 3 aromatic carbocycles. The van der Waals surface area contributed by atoms with Gasteiger partial charge in [-0.2, -0.15) is 9.97 Å². The van der Waals surface area contributed by atoms with E-state index in [0.29, 0.717) is 41.9 Å². The SMILES string of the molecule is C#Cc1c(F)ccc2cc(O)cc(-c3c(C(C)(C)N)cc4c(N5CCCCC(NC(=O)C=C)C5)nc(OCC56CCCN5CCC6)nc4c3F)c12. The van der Waals surface area contributed by atoms with Crippen LogP contribution in [0.5, 0.6) is 11.8 Å². The van der Waals surface area contributed by atoms with Crippen LogP contribution in [0.4, 0.5) is 14.6 Å². The van der Waals surface area contributed by atoms with Gasteiger partial charge in [-0.3, -0.25) is 9.69 Å². The van der Waals surface area contributed by atoms with Crippen molar-refractivity contribution in [2.75, 3.05) is 37.7 Å². The third kappa shape index (κ3) is 6.36. The average molecular weight is 695 g/mol. The molecule has 266 valence electrons. The van der Waals surface area contributed by atoms with Gasteiger partial charge in [-0.15, -0.1) is 6.42 Å². The number of rotatable bonds is 8. The highest BCUT2D eigenvalue weighted by molar-refractivity contribution is 6.05. The number of anilines is 1. The number of terminal acetylenes is 1. The number of nitrogens with two attached hydrogens (primary N) is 1. The monoisotopic (exact) mass is 694 g/mol. The summed E-state index contributed by atoms with van der Waals surface area (Å²) in [5, 5.41) is 15.0. The molecular weight excluding hydrogens is 650 g/mol. The predicted octanol–water partition coefficient (Wildman–Crippen LogP) is 6.28. The molecular formula is C40H44F2N6O3. The van der Waals surface area contributed by atoms with Gasteiger partial charge in [-0.25, -0.2) is 8.78 Å². The maximum Gasteiger partial charge on any atom is 0.319 e. The lowest BCUT2D eigenvalue weighted by molar-refractivity contribution is -0.117. The number of aromatic hydroxyl groups is 1. The summed E-state index contributed by atoms with van der Waals surface area (Å²) in [7, 11) is 0. The minimum Gasteiger partial charge on any atom is -0.508 e. The molecule has 0 radical (unpaired) electrons. The zero-order chi connectivity index (χ0) is 36.1. The fraction of sp³-hybridized carbons (Fsp3) is 0.425. The van der Waals surface area contributed by atoms with Crippen molar-refractivity contribution in [2.45, 2.75) is 75.9 Å². The molecule has 1 atom stereocenters. The fourth-order valence-corrected chi connectivity index (χ4v) is 8.40. The van der Waals surface area contributed by atoms with Crippen molar-refractivity contribution in [3.8, 4) is 35.2 Å². The lowest BCUT2D eigenvalue weighted by atomic mass is 9.83. The minimum atomic E-state index is -1.12. The second-order valence-electron chi connectivity index (χ2n) is 14.8. The molecule has 51 heavy (non-hydrogen) atoms. The molecule has 3 aliphatic rings. The number of ether oxygens (including phenoxy) is 1. The maximum absolute atomic E-state index is 17.7. The third-order valence-electron chi connectivity index (χ3n) is 10.8. The summed E-state index contributed by atoms with van der Waals surface area (Å²) in [4.78, 5) is 26.6. The van der Waals surface area contributed by atoms with E-state index < -0.39 is 17.2 Å². The molecule has 1 amide bonds. The smallest absolute Gasteiger partial charge is 0.319 e. The summed E-state index contributed by atoms with van der Waals surface area (Å²) in [5.74, 6) is 1.13. The van der Waals surface area contributed by atoms with Crippen molar-refractivity contribution in [1.82, 2.24) is 20.2 Å².